The van der Waals surface area contributed by atoms with Crippen LogP contribution in [0.2, 0.25) is 0 Å². The monoisotopic (exact) mass is 300 g/mol. The van der Waals surface area contributed by atoms with Gasteiger partial charge in [0.2, 0.25) is 5.67 Å². The number of carbonyl (C=O) groups is 2. The van der Waals surface area contributed by atoms with E-state index in [-0.39, 0.29) is 25.5 Å². The Kier molecular flexibility index (Phi) is 4.27. The van der Waals surface area contributed by atoms with Crippen molar-refractivity contribution in [1.29, 1.82) is 0 Å². The molecule has 1 aliphatic heterocycles. The molecule has 2 amide bonds. The van der Waals surface area contributed by atoms with Crippen LogP contribution in [0.25, 0.3) is 0 Å². The quantitative estimate of drug-likeness (QED) is 0.867. The second-order valence-electron chi connectivity index (χ2n) is 4.80. The number of nitrogens with zero attached hydrogens (tertiary/aromatic N) is 1. The third-order valence-corrected chi connectivity index (χ3v) is 4.27. The van der Waals surface area contributed by atoms with E-state index < -0.39 is 11.6 Å². The average molecular weight is 300 g/mol. The highest BCUT2D eigenvalue weighted by atomic mass is 32.1. The molecule has 1 aromatic rings. The number of hydrogen-bond donors (Lipinski definition) is 1. The van der Waals surface area contributed by atoms with E-state index in [2.05, 4.69) is 10.1 Å². The van der Waals surface area contributed by atoms with Gasteiger partial charge in [0.25, 0.3) is 0 Å². The zero-order valence-electron chi connectivity index (χ0n) is 11.4. The van der Waals surface area contributed by atoms with E-state index >= 15 is 0 Å². The van der Waals surface area contributed by atoms with Gasteiger partial charge in [0.1, 0.15) is 0 Å². The summed E-state index contributed by atoms with van der Waals surface area (Å²) in [5, 5.41) is 2.73. The van der Waals surface area contributed by atoms with E-state index in [9.17, 15) is 14.0 Å². The lowest BCUT2D eigenvalue weighted by Gasteiger charge is -2.19. The highest BCUT2D eigenvalue weighted by Crippen LogP contribution is 2.27. The molecule has 0 aliphatic carbocycles. The van der Waals surface area contributed by atoms with Gasteiger partial charge in [0.05, 0.1) is 20.2 Å². The van der Waals surface area contributed by atoms with Crippen LogP contribution in [0.4, 0.5) is 9.18 Å². The first kappa shape index (κ1) is 14.8. The Morgan fingerprint density at radius 2 is 2.30 bits per heavy atom. The molecule has 110 valence electrons. The predicted molar refractivity (Wildman–Crippen MR) is 73.3 cm³/mol. The highest BCUT2D eigenvalue weighted by Gasteiger charge is 2.47. The molecule has 2 heterocycles. The molecule has 0 aromatic carbocycles. The van der Waals surface area contributed by atoms with Crippen LogP contribution >= 0.6 is 11.3 Å². The van der Waals surface area contributed by atoms with Gasteiger partial charge in [-0.25, -0.2) is 14.0 Å². The number of methoxy groups -OCH3 is 1. The Hall–Kier alpha value is -1.63. The Bertz CT molecular complexity index is 519. The van der Waals surface area contributed by atoms with Gasteiger partial charge < -0.3 is 15.0 Å². The minimum atomic E-state index is -2.08. The molecule has 0 saturated carbocycles. The summed E-state index contributed by atoms with van der Waals surface area (Å²) in [6.07, 6.45) is -0.0226. The second-order valence-corrected chi connectivity index (χ2v) is 6.17. The van der Waals surface area contributed by atoms with Crippen LogP contribution in [0.15, 0.2) is 12.1 Å². The fourth-order valence-corrected chi connectivity index (χ4v) is 2.98. The molecule has 1 fully saturated rings. The largest absolute Gasteiger partial charge is 0.467 e. The molecule has 0 bridgehead atoms. The van der Waals surface area contributed by atoms with E-state index in [0.29, 0.717) is 6.54 Å². The maximum absolute atomic E-state index is 14.2. The van der Waals surface area contributed by atoms with Crippen LogP contribution in [0.1, 0.15) is 16.2 Å². The molecule has 5 nitrogen and oxygen atoms in total. The van der Waals surface area contributed by atoms with Crippen molar-refractivity contribution in [1.82, 2.24) is 10.2 Å². The van der Waals surface area contributed by atoms with Crippen LogP contribution < -0.4 is 5.32 Å². The lowest BCUT2D eigenvalue weighted by molar-refractivity contribution is -0.153. The molecule has 0 spiro atoms. The highest BCUT2D eigenvalue weighted by molar-refractivity contribution is 7.11. The van der Waals surface area contributed by atoms with Crippen molar-refractivity contribution < 1.29 is 18.7 Å². The maximum atomic E-state index is 14.2. The zero-order valence-corrected chi connectivity index (χ0v) is 12.3. The number of nitrogens with one attached hydrogen (secondary N) is 1. The molecule has 1 atom stereocenters. The fourth-order valence-electron chi connectivity index (χ4n) is 2.15. The molecule has 2 rings (SSSR count). The molecular formula is C13H17FN2O3S. The van der Waals surface area contributed by atoms with Crippen LogP contribution in [-0.2, 0) is 16.1 Å². The van der Waals surface area contributed by atoms with Gasteiger partial charge in [-0.15, -0.1) is 11.3 Å². The van der Waals surface area contributed by atoms with Gasteiger partial charge in [-0.1, -0.05) is 0 Å². The Balaban J connectivity index is 1.87. The minimum Gasteiger partial charge on any atom is -0.467 e. The van der Waals surface area contributed by atoms with Gasteiger partial charge in [0, 0.05) is 22.7 Å². The van der Waals surface area contributed by atoms with E-state index in [0.717, 1.165) is 12.0 Å². The van der Waals surface area contributed by atoms with E-state index in [4.69, 9.17) is 0 Å². The van der Waals surface area contributed by atoms with Crippen molar-refractivity contribution in [3.8, 4) is 0 Å². The van der Waals surface area contributed by atoms with Crippen LogP contribution in [-0.4, -0.2) is 42.8 Å². The molecule has 0 radical (unpaired) electrons. The molecule has 1 unspecified atom stereocenters. The summed E-state index contributed by atoms with van der Waals surface area (Å²) in [5.41, 5.74) is -2.08. The predicted octanol–water partition coefficient (Wildman–Crippen LogP) is 1.85. The summed E-state index contributed by atoms with van der Waals surface area (Å²) < 4.78 is 18.6. The van der Waals surface area contributed by atoms with Crippen molar-refractivity contribution in [2.24, 2.45) is 0 Å². The third kappa shape index (κ3) is 3.09. The zero-order chi connectivity index (χ0) is 14.8. The fraction of sp³-hybridized carbons (Fsp3) is 0.538. The summed E-state index contributed by atoms with van der Waals surface area (Å²) in [4.78, 5) is 26.8. The number of aryl methyl sites for hydroxylation is 1. The van der Waals surface area contributed by atoms with Crippen molar-refractivity contribution >= 4 is 23.3 Å². The van der Waals surface area contributed by atoms with E-state index in [1.807, 2.05) is 19.1 Å². The molecule has 1 saturated heterocycles. The van der Waals surface area contributed by atoms with Crippen molar-refractivity contribution in [3.05, 3.63) is 21.9 Å². The van der Waals surface area contributed by atoms with Gasteiger partial charge in [-0.3, -0.25) is 0 Å². The van der Waals surface area contributed by atoms with Crippen molar-refractivity contribution in [2.45, 2.75) is 25.6 Å². The van der Waals surface area contributed by atoms with E-state index in [1.54, 1.807) is 11.3 Å². The number of carbonyl (C=O) groups excluding carboxylic acids is 2. The number of esters is 1. The lowest BCUT2D eigenvalue weighted by Crippen LogP contribution is -2.43. The molecule has 7 heteroatoms. The smallest absolute Gasteiger partial charge is 0.345 e. The van der Waals surface area contributed by atoms with Crippen molar-refractivity contribution in [3.63, 3.8) is 0 Å². The Morgan fingerprint density at radius 3 is 2.90 bits per heavy atom. The summed E-state index contributed by atoms with van der Waals surface area (Å²) in [6.45, 7) is 2.35. The Labute approximate surface area is 120 Å². The van der Waals surface area contributed by atoms with Crippen LogP contribution in [0.5, 0.6) is 0 Å². The van der Waals surface area contributed by atoms with Crippen molar-refractivity contribution in [2.75, 3.05) is 20.2 Å². The lowest BCUT2D eigenvalue weighted by atomic mass is 10.1. The second kappa shape index (κ2) is 5.78. The van der Waals surface area contributed by atoms with Crippen LogP contribution in [0, 0.1) is 6.92 Å². The summed E-state index contributed by atoms with van der Waals surface area (Å²) in [6, 6.07) is 3.56. The number of alkyl halides is 1. The summed E-state index contributed by atoms with van der Waals surface area (Å²) >= 11 is 1.60. The van der Waals surface area contributed by atoms with Crippen LogP contribution in [0.3, 0.4) is 0 Å². The number of ether oxygens (including phenoxy) is 1. The number of hydrogen-bond acceptors (Lipinski definition) is 4. The number of rotatable bonds is 3. The maximum Gasteiger partial charge on any atom is 0.345 e. The Morgan fingerprint density at radius 1 is 1.55 bits per heavy atom. The van der Waals surface area contributed by atoms with Gasteiger partial charge in [0.15, 0.2) is 0 Å². The molecule has 1 N–H and O–H groups in total. The van der Waals surface area contributed by atoms with E-state index in [1.165, 1.54) is 9.78 Å². The number of amides is 2. The molecule has 20 heavy (non-hydrogen) atoms. The first-order valence-electron chi connectivity index (χ1n) is 6.30. The molecule has 1 aliphatic rings. The average Bonchev–Trinajstić information content (AvgIpc) is 3.02. The number of halogens is 1. The summed E-state index contributed by atoms with van der Waals surface area (Å²) in [5.74, 6) is -0.915. The molecular weight excluding hydrogens is 283 g/mol. The SMILES string of the molecule is COC(=O)C1(F)CCN(C(=O)NCc2ccc(C)s2)C1. The van der Waals surface area contributed by atoms with Gasteiger partial charge >= 0.3 is 12.0 Å². The number of likely N-dealkylation sites (tertiary alicyclic amines) is 1. The topological polar surface area (TPSA) is 58.6 Å². The first-order chi connectivity index (χ1) is 9.44. The van der Waals surface area contributed by atoms with Gasteiger partial charge in [-0.05, 0) is 19.1 Å². The minimum absolute atomic E-state index is 0.0226. The van der Waals surface area contributed by atoms with Gasteiger partial charge in [-0.2, -0.15) is 0 Å². The first-order valence-corrected chi connectivity index (χ1v) is 7.12. The third-order valence-electron chi connectivity index (χ3n) is 3.27. The number of thiophene rings is 1. The number of urea groups is 1. The normalized spacial score (nSPS) is 21.9. The summed E-state index contributed by atoms with van der Waals surface area (Å²) in [7, 11) is 1.14. The molecule has 1 aromatic heterocycles. The standard InChI is InChI=1S/C13H17FN2O3S/c1-9-3-4-10(20-9)7-15-12(18)16-6-5-13(14,8-16)11(17)19-2/h3-4H,5-8H2,1-2H3,(H,15,18).